The van der Waals surface area contributed by atoms with Crippen LogP contribution >= 0.6 is 11.6 Å². The van der Waals surface area contributed by atoms with Crippen LogP contribution in [0.25, 0.3) is 0 Å². The fraction of sp³-hybridized carbons (Fsp3) is 0.467. The second kappa shape index (κ2) is 7.29. The Balaban J connectivity index is 1.78. The van der Waals surface area contributed by atoms with Crippen molar-refractivity contribution in [3.8, 4) is 0 Å². The Labute approximate surface area is 124 Å². The van der Waals surface area contributed by atoms with Gasteiger partial charge in [0, 0.05) is 5.71 Å². The standard InChI is InChI=1S/C15H20ClN3O/c1-11-5-4-6-12(9-11)18-19-15(20)10-17-14-8-3-2-7-13(14)16/h2-3,7-8,11,17H,4-6,9-10H2,1H3,(H,19,20)/b18-12-. The van der Waals surface area contributed by atoms with Crippen LogP contribution in [0.15, 0.2) is 29.4 Å². The molecule has 4 nitrogen and oxygen atoms in total. The molecule has 5 heteroatoms. The summed E-state index contributed by atoms with van der Waals surface area (Å²) < 4.78 is 0. The highest BCUT2D eigenvalue weighted by molar-refractivity contribution is 6.33. The number of hydrogen-bond donors (Lipinski definition) is 2. The van der Waals surface area contributed by atoms with E-state index >= 15 is 0 Å². The summed E-state index contributed by atoms with van der Waals surface area (Å²) in [5.41, 5.74) is 4.45. The van der Waals surface area contributed by atoms with E-state index in [1.54, 1.807) is 6.07 Å². The van der Waals surface area contributed by atoms with Crippen molar-refractivity contribution < 1.29 is 4.79 Å². The topological polar surface area (TPSA) is 53.5 Å². The smallest absolute Gasteiger partial charge is 0.259 e. The van der Waals surface area contributed by atoms with Crippen LogP contribution in [0, 0.1) is 5.92 Å². The second-order valence-electron chi connectivity index (χ2n) is 5.25. The highest BCUT2D eigenvalue weighted by atomic mass is 35.5. The lowest BCUT2D eigenvalue weighted by atomic mass is 9.89. The van der Waals surface area contributed by atoms with Gasteiger partial charge in [0.15, 0.2) is 0 Å². The molecule has 20 heavy (non-hydrogen) atoms. The first-order valence-electron chi connectivity index (χ1n) is 6.98. The summed E-state index contributed by atoms with van der Waals surface area (Å²) in [6, 6.07) is 7.34. The number of amides is 1. The van der Waals surface area contributed by atoms with E-state index in [1.807, 2.05) is 18.2 Å². The summed E-state index contributed by atoms with van der Waals surface area (Å²) in [4.78, 5) is 11.7. The number of hydrogen-bond acceptors (Lipinski definition) is 3. The van der Waals surface area contributed by atoms with Crippen LogP contribution in [0.4, 0.5) is 5.69 Å². The monoisotopic (exact) mass is 293 g/mol. The van der Waals surface area contributed by atoms with Crippen molar-refractivity contribution in [2.75, 3.05) is 11.9 Å². The van der Waals surface area contributed by atoms with Crippen molar-refractivity contribution in [3.05, 3.63) is 29.3 Å². The number of nitrogens with one attached hydrogen (secondary N) is 2. The van der Waals surface area contributed by atoms with Gasteiger partial charge in [-0.3, -0.25) is 4.79 Å². The SMILES string of the molecule is CC1CCC/C(=N/NC(=O)CNc2ccccc2Cl)C1. The van der Waals surface area contributed by atoms with Crippen LogP contribution in [0.1, 0.15) is 32.6 Å². The fourth-order valence-electron chi connectivity index (χ4n) is 2.32. The summed E-state index contributed by atoms with van der Waals surface area (Å²) in [6.45, 7) is 2.38. The molecule has 1 aliphatic carbocycles. The number of anilines is 1. The molecule has 0 bridgehead atoms. The molecule has 0 saturated heterocycles. The molecule has 0 aromatic heterocycles. The Hall–Kier alpha value is -1.55. The van der Waals surface area contributed by atoms with Crippen LogP contribution in [0.5, 0.6) is 0 Å². The number of carbonyl (C=O) groups excluding carboxylic acids is 1. The number of benzene rings is 1. The van der Waals surface area contributed by atoms with Crippen molar-refractivity contribution in [1.29, 1.82) is 0 Å². The van der Waals surface area contributed by atoms with Crippen LogP contribution in [0.3, 0.4) is 0 Å². The maximum Gasteiger partial charge on any atom is 0.259 e. The van der Waals surface area contributed by atoms with Gasteiger partial charge in [0.1, 0.15) is 0 Å². The molecule has 1 unspecified atom stereocenters. The van der Waals surface area contributed by atoms with Gasteiger partial charge in [0.05, 0.1) is 17.3 Å². The van der Waals surface area contributed by atoms with Gasteiger partial charge in [-0.25, -0.2) is 5.43 Å². The Bertz CT molecular complexity index is 502. The van der Waals surface area contributed by atoms with E-state index < -0.39 is 0 Å². The van der Waals surface area contributed by atoms with Gasteiger partial charge in [-0.05, 0) is 43.7 Å². The highest BCUT2D eigenvalue weighted by Crippen LogP contribution is 2.21. The molecule has 1 fully saturated rings. The number of rotatable bonds is 4. The predicted octanol–water partition coefficient (Wildman–Crippen LogP) is 3.43. The van der Waals surface area contributed by atoms with Gasteiger partial charge in [-0.2, -0.15) is 5.10 Å². The Morgan fingerprint density at radius 2 is 2.25 bits per heavy atom. The van der Waals surface area contributed by atoms with Crippen LogP contribution in [-0.2, 0) is 4.79 Å². The van der Waals surface area contributed by atoms with E-state index in [9.17, 15) is 4.79 Å². The minimum Gasteiger partial charge on any atom is -0.375 e. The van der Waals surface area contributed by atoms with Crippen molar-refractivity contribution >= 4 is 28.9 Å². The van der Waals surface area contributed by atoms with Crippen LogP contribution in [0.2, 0.25) is 5.02 Å². The van der Waals surface area contributed by atoms with Gasteiger partial charge >= 0.3 is 0 Å². The summed E-state index contributed by atoms with van der Waals surface area (Å²) in [6.07, 6.45) is 4.38. The van der Waals surface area contributed by atoms with Crippen molar-refractivity contribution in [2.45, 2.75) is 32.6 Å². The van der Waals surface area contributed by atoms with Gasteiger partial charge < -0.3 is 5.32 Å². The zero-order chi connectivity index (χ0) is 14.4. The highest BCUT2D eigenvalue weighted by Gasteiger charge is 2.14. The quantitative estimate of drug-likeness (QED) is 0.836. The second-order valence-corrected chi connectivity index (χ2v) is 5.66. The molecule has 0 heterocycles. The number of hydrazone groups is 1. The van der Waals surface area contributed by atoms with E-state index in [1.165, 1.54) is 6.42 Å². The van der Waals surface area contributed by atoms with Crippen molar-refractivity contribution in [1.82, 2.24) is 5.43 Å². The molecule has 1 amide bonds. The molecule has 2 rings (SSSR count). The number of nitrogens with zero attached hydrogens (tertiary/aromatic N) is 1. The van der Waals surface area contributed by atoms with E-state index in [4.69, 9.17) is 11.6 Å². The lowest BCUT2D eigenvalue weighted by Gasteiger charge is -2.19. The predicted molar refractivity (Wildman–Crippen MR) is 83.2 cm³/mol. The first kappa shape index (κ1) is 14.9. The van der Waals surface area contributed by atoms with Gasteiger partial charge in [0.25, 0.3) is 5.91 Å². The zero-order valence-corrected chi connectivity index (χ0v) is 12.4. The molecule has 108 valence electrons. The van der Waals surface area contributed by atoms with Crippen LogP contribution < -0.4 is 10.7 Å². The molecule has 2 N–H and O–H groups in total. The number of halogens is 1. The van der Waals surface area contributed by atoms with Crippen molar-refractivity contribution in [3.63, 3.8) is 0 Å². The zero-order valence-electron chi connectivity index (χ0n) is 11.7. The molecule has 0 spiro atoms. The molecule has 1 aromatic carbocycles. The summed E-state index contributed by atoms with van der Waals surface area (Å²) in [7, 11) is 0. The summed E-state index contributed by atoms with van der Waals surface area (Å²) in [5.74, 6) is 0.510. The third-order valence-corrected chi connectivity index (χ3v) is 3.73. The number of para-hydroxylation sites is 1. The third-order valence-electron chi connectivity index (χ3n) is 3.40. The average Bonchev–Trinajstić information content (AvgIpc) is 2.44. The molecular weight excluding hydrogens is 274 g/mol. The summed E-state index contributed by atoms with van der Waals surface area (Å²) in [5, 5.41) is 7.81. The van der Waals surface area contributed by atoms with Crippen molar-refractivity contribution in [2.24, 2.45) is 11.0 Å². The molecular formula is C15H20ClN3O. The summed E-state index contributed by atoms with van der Waals surface area (Å²) >= 11 is 6.00. The lowest BCUT2D eigenvalue weighted by molar-refractivity contribution is -0.119. The lowest BCUT2D eigenvalue weighted by Crippen LogP contribution is -2.28. The Morgan fingerprint density at radius 1 is 1.45 bits per heavy atom. The molecule has 0 radical (unpaired) electrons. The van der Waals surface area contributed by atoms with Gasteiger partial charge in [-0.1, -0.05) is 30.7 Å². The molecule has 1 atom stereocenters. The Morgan fingerprint density at radius 3 is 3.00 bits per heavy atom. The molecule has 1 aliphatic rings. The maximum atomic E-state index is 11.7. The van der Waals surface area contributed by atoms with E-state index in [2.05, 4.69) is 22.8 Å². The van der Waals surface area contributed by atoms with E-state index in [0.29, 0.717) is 10.9 Å². The fourth-order valence-corrected chi connectivity index (χ4v) is 2.53. The van der Waals surface area contributed by atoms with Gasteiger partial charge in [-0.15, -0.1) is 0 Å². The maximum absolute atomic E-state index is 11.7. The molecule has 1 aromatic rings. The van der Waals surface area contributed by atoms with E-state index in [-0.39, 0.29) is 12.5 Å². The van der Waals surface area contributed by atoms with E-state index in [0.717, 1.165) is 30.7 Å². The van der Waals surface area contributed by atoms with Crippen LogP contribution in [-0.4, -0.2) is 18.2 Å². The first-order valence-corrected chi connectivity index (χ1v) is 7.35. The first-order chi connectivity index (χ1) is 9.65. The Kier molecular flexibility index (Phi) is 5.41. The van der Waals surface area contributed by atoms with Gasteiger partial charge in [0.2, 0.25) is 0 Å². The normalized spacial score (nSPS) is 20.7. The molecule has 0 aliphatic heterocycles. The minimum atomic E-state index is -0.157. The average molecular weight is 294 g/mol. The number of carbonyl (C=O) groups is 1. The third kappa shape index (κ3) is 4.53. The minimum absolute atomic E-state index is 0.157. The largest absolute Gasteiger partial charge is 0.375 e. The molecule has 1 saturated carbocycles.